The number of aliphatic hydroxyl groups is 1. The van der Waals surface area contributed by atoms with Gasteiger partial charge in [-0.3, -0.25) is 4.98 Å². The molecule has 112 valence electrons. The zero-order chi connectivity index (χ0) is 16.1. The molecule has 0 radical (unpaired) electrons. The lowest BCUT2D eigenvalue weighted by atomic mass is 9.83. The van der Waals surface area contributed by atoms with E-state index in [9.17, 15) is 10.4 Å². The summed E-state index contributed by atoms with van der Waals surface area (Å²) in [7, 11) is 0. The molecule has 0 spiro atoms. The third kappa shape index (κ3) is 2.98. The number of hydrogen-bond donors (Lipinski definition) is 1. The zero-order valence-corrected chi connectivity index (χ0v) is 12.6. The van der Waals surface area contributed by atoms with Gasteiger partial charge < -0.3 is 5.11 Å². The molecular formula is C20H16N2O. The molecule has 3 heteroatoms. The van der Waals surface area contributed by atoms with Crippen molar-refractivity contribution in [2.75, 3.05) is 0 Å². The highest BCUT2D eigenvalue weighted by Gasteiger charge is 2.33. The summed E-state index contributed by atoms with van der Waals surface area (Å²) < 4.78 is 0. The van der Waals surface area contributed by atoms with E-state index in [0.717, 1.165) is 11.1 Å². The van der Waals surface area contributed by atoms with Gasteiger partial charge in [-0.25, -0.2) is 0 Å². The van der Waals surface area contributed by atoms with Crippen molar-refractivity contribution in [2.24, 2.45) is 0 Å². The minimum absolute atomic E-state index is 0.289. The fourth-order valence-corrected chi connectivity index (χ4v) is 2.72. The lowest BCUT2D eigenvalue weighted by molar-refractivity contribution is 0.0764. The second kappa shape index (κ2) is 6.43. The van der Waals surface area contributed by atoms with Crippen LogP contribution in [0.25, 0.3) is 0 Å². The molecule has 3 aromatic rings. The van der Waals surface area contributed by atoms with Gasteiger partial charge in [0.25, 0.3) is 0 Å². The maximum absolute atomic E-state index is 11.5. The summed E-state index contributed by atoms with van der Waals surface area (Å²) in [5.41, 5.74) is 1.41. The lowest BCUT2D eigenvalue weighted by Gasteiger charge is -2.28. The van der Waals surface area contributed by atoms with Crippen LogP contribution in [-0.2, 0) is 12.0 Å². The molecule has 0 unspecified atom stereocenters. The van der Waals surface area contributed by atoms with Crippen LogP contribution < -0.4 is 0 Å². The maximum atomic E-state index is 11.5. The molecule has 0 fully saturated rings. The lowest BCUT2D eigenvalue weighted by Crippen LogP contribution is -2.31. The molecule has 0 bridgehead atoms. The number of pyridine rings is 1. The highest BCUT2D eigenvalue weighted by atomic mass is 16.3. The molecule has 0 aliphatic rings. The molecule has 0 amide bonds. The highest BCUT2D eigenvalue weighted by Crippen LogP contribution is 2.32. The Balaban J connectivity index is 2.12. The van der Waals surface area contributed by atoms with Gasteiger partial charge in [-0.1, -0.05) is 54.6 Å². The summed E-state index contributed by atoms with van der Waals surface area (Å²) in [4.78, 5) is 4.35. The fourth-order valence-electron chi connectivity index (χ4n) is 2.72. The molecule has 1 atom stereocenters. The predicted octanol–water partition coefficient (Wildman–Crippen LogP) is 3.43. The SMILES string of the molecule is N#Cc1ccccc1C[C@@](O)(c1ccccc1)c1ccccn1. The number of nitriles is 1. The van der Waals surface area contributed by atoms with Crippen LogP contribution in [0.1, 0.15) is 22.4 Å². The van der Waals surface area contributed by atoms with E-state index in [1.54, 1.807) is 12.3 Å². The van der Waals surface area contributed by atoms with E-state index >= 15 is 0 Å². The first-order valence-corrected chi connectivity index (χ1v) is 7.41. The molecule has 2 aromatic carbocycles. The second-order valence-electron chi connectivity index (χ2n) is 5.39. The van der Waals surface area contributed by atoms with Crippen LogP contribution in [0.4, 0.5) is 0 Å². The molecule has 3 rings (SSSR count). The molecule has 3 nitrogen and oxygen atoms in total. The molecule has 0 aliphatic heterocycles. The Morgan fingerprint density at radius 3 is 2.30 bits per heavy atom. The Kier molecular flexibility index (Phi) is 4.18. The van der Waals surface area contributed by atoms with Crippen LogP contribution in [0.5, 0.6) is 0 Å². The van der Waals surface area contributed by atoms with Gasteiger partial charge >= 0.3 is 0 Å². The van der Waals surface area contributed by atoms with Crippen molar-refractivity contribution in [3.05, 3.63) is 101 Å². The van der Waals surface area contributed by atoms with Gasteiger partial charge in [-0.15, -0.1) is 0 Å². The molecule has 0 aliphatic carbocycles. The normalized spacial score (nSPS) is 13.0. The van der Waals surface area contributed by atoms with E-state index in [4.69, 9.17) is 0 Å². The number of hydrogen-bond acceptors (Lipinski definition) is 3. The van der Waals surface area contributed by atoms with Crippen molar-refractivity contribution >= 4 is 0 Å². The Morgan fingerprint density at radius 2 is 1.61 bits per heavy atom. The van der Waals surface area contributed by atoms with Gasteiger partial charge in [0.2, 0.25) is 0 Å². The number of aromatic nitrogens is 1. The Labute approximate surface area is 135 Å². The van der Waals surface area contributed by atoms with Crippen molar-refractivity contribution < 1.29 is 5.11 Å². The average molecular weight is 300 g/mol. The molecule has 1 aromatic heterocycles. The van der Waals surface area contributed by atoms with Crippen molar-refractivity contribution in [1.29, 1.82) is 5.26 Å². The first kappa shape index (κ1) is 15.0. The van der Waals surface area contributed by atoms with Crippen LogP contribution in [0.2, 0.25) is 0 Å². The maximum Gasteiger partial charge on any atom is 0.135 e. The molecular weight excluding hydrogens is 284 g/mol. The first-order chi connectivity index (χ1) is 11.2. The van der Waals surface area contributed by atoms with Crippen LogP contribution in [0.3, 0.4) is 0 Å². The zero-order valence-electron chi connectivity index (χ0n) is 12.6. The molecule has 1 N–H and O–H groups in total. The summed E-state index contributed by atoms with van der Waals surface area (Å²) in [6, 6.07) is 24.4. The van der Waals surface area contributed by atoms with Gasteiger partial charge in [-0.05, 0) is 29.3 Å². The van der Waals surface area contributed by atoms with Crippen LogP contribution in [-0.4, -0.2) is 10.1 Å². The Bertz CT molecular complexity index is 784. The van der Waals surface area contributed by atoms with Crippen LogP contribution in [0.15, 0.2) is 79.0 Å². The van der Waals surface area contributed by atoms with Crippen molar-refractivity contribution in [3.63, 3.8) is 0 Å². The largest absolute Gasteiger partial charge is 0.378 e. The van der Waals surface area contributed by atoms with Gasteiger partial charge in [0.1, 0.15) is 5.60 Å². The minimum Gasteiger partial charge on any atom is -0.378 e. The smallest absolute Gasteiger partial charge is 0.135 e. The molecule has 0 saturated carbocycles. The second-order valence-corrected chi connectivity index (χ2v) is 5.39. The Morgan fingerprint density at radius 1 is 0.913 bits per heavy atom. The first-order valence-electron chi connectivity index (χ1n) is 7.41. The van der Waals surface area contributed by atoms with Gasteiger partial charge in [-0.2, -0.15) is 5.26 Å². The third-order valence-corrected chi connectivity index (χ3v) is 3.92. The monoisotopic (exact) mass is 300 g/mol. The average Bonchev–Trinajstić information content (AvgIpc) is 2.63. The van der Waals surface area contributed by atoms with Gasteiger partial charge in [0.05, 0.1) is 17.3 Å². The third-order valence-electron chi connectivity index (χ3n) is 3.92. The molecule has 23 heavy (non-hydrogen) atoms. The van der Waals surface area contributed by atoms with E-state index < -0.39 is 5.60 Å². The van der Waals surface area contributed by atoms with Crippen molar-refractivity contribution in [2.45, 2.75) is 12.0 Å². The number of nitrogens with zero attached hydrogens (tertiary/aromatic N) is 2. The van der Waals surface area contributed by atoms with Crippen LogP contribution >= 0.6 is 0 Å². The van der Waals surface area contributed by atoms with Crippen LogP contribution in [0, 0.1) is 11.3 Å². The van der Waals surface area contributed by atoms with Crippen molar-refractivity contribution in [1.82, 2.24) is 4.98 Å². The summed E-state index contributed by atoms with van der Waals surface area (Å²) in [5.74, 6) is 0. The molecule has 1 heterocycles. The van der Waals surface area contributed by atoms with E-state index in [1.807, 2.05) is 66.7 Å². The fraction of sp³-hybridized carbons (Fsp3) is 0.100. The van der Waals surface area contributed by atoms with Gasteiger partial charge in [0, 0.05) is 12.6 Å². The van der Waals surface area contributed by atoms with E-state index in [-0.39, 0.29) is 6.42 Å². The Hall–Kier alpha value is -2.96. The number of rotatable bonds is 4. The summed E-state index contributed by atoms with van der Waals surface area (Å²) >= 11 is 0. The van der Waals surface area contributed by atoms with E-state index in [2.05, 4.69) is 11.1 Å². The van der Waals surface area contributed by atoms with Gasteiger partial charge in [0.15, 0.2) is 0 Å². The van der Waals surface area contributed by atoms with Crippen molar-refractivity contribution in [3.8, 4) is 6.07 Å². The summed E-state index contributed by atoms with van der Waals surface area (Å²) in [5, 5.41) is 20.8. The highest BCUT2D eigenvalue weighted by molar-refractivity contribution is 5.42. The van der Waals surface area contributed by atoms with E-state index in [1.165, 1.54) is 0 Å². The van der Waals surface area contributed by atoms with E-state index in [0.29, 0.717) is 11.3 Å². The minimum atomic E-state index is -1.28. The quantitative estimate of drug-likeness (QED) is 0.803. The predicted molar refractivity (Wildman–Crippen MR) is 88.5 cm³/mol. The standard InChI is InChI=1S/C20H16N2O/c21-15-17-9-5-4-8-16(17)14-20(23,18-10-2-1-3-11-18)19-12-6-7-13-22-19/h1-13,23H,14H2/t20-/m1/s1. The summed E-state index contributed by atoms with van der Waals surface area (Å²) in [6.45, 7) is 0. The molecule has 0 saturated heterocycles. The topological polar surface area (TPSA) is 56.9 Å². The number of benzene rings is 2. The summed E-state index contributed by atoms with van der Waals surface area (Å²) in [6.07, 6.45) is 1.96.